The maximum atomic E-state index is 12.2. The molecule has 0 aromatic heterocycles. The zero-order chi connectivity index (χ0) is 20.4. The van der Waals surface area contributed by atoms with Crippen molar-refractivity contribution in [3.05, 3.63) is 99.6 Å². The number of amides is 1. The van der Waals surface area contributed by atoms with Gasteiger partial charge in [0.1, 0.15) is 11.9 Å². The minimum Gasteiger partial charge on any atom is -0.423 e. The zero-order valence-electron chi connectivity index (χ0n) is 15.0. The lowest BCUT2D eigenvalue weighted by Gasteiger charge is -2.28. The fourth-order valence-electron chi connectivity index (χ4n) is 2.99. The molecule has 1 aliphatic rings. The van der Waals surface area contributed by atoms with Crippen LogP contribution in [0.3, 0.4) is 0 Å². The second-order valence-corrected chi connectivity index (χ2v) is 6.36. The van der Waals surface area contributed by atoms with Crippen LogP contribution in [0.5, 0.6) is 5.75 Å². The van der Waals surface area contributed by atoms with E-state index in [0.29, 0.717) is 11.3 Å². The lowest BCUT2D eigenvalue weighted by Crippen LogP contribution is -2.38. The molecule has 1 atom stereocenters. The monoisotopic (exact) mass is 389 g/mol. The highest BCUT2D eigenvalue weighted by Crippen LogP contribution is 2.27. The Morgan fingerprint density at radius 2 is 1.62 bits per heavy atom. The molecule has 0 radical (unpaired) electrons. The molecule has 1 amide bonds. The summed E-state index contributed by atoms with van der Waals surface area (Å²) in [4.78, 5) is 34.6. The summed E-state index contributed by atoms with van der Waals surface area (Å²) in [6, 6.07) is 19.1. The van der Waals surface area contributed by atoms with Crippen LogP contribution in [0, 0.1) is 10.1 Å². The van der Waals surface area contributed by atoms with Crippen molar-refractivity contribution in [2.75, 3.05) is 5.32 Å². The van der Waals surface area contributed by atoms with Crippen molar-refractivity contribution in [2.24, 2.45) is 0 Å². The smallest absolute Gasteiger partial charge is 0.343 e. The van der Waals surface area contributed by atoms with Crippen LogP contribution in [-0.2, 0) is 0 Å². The number of nitrogens with zero attached hydrogens (tertiary/aromatic N) is 1. The SMILES string of the molecule is O=C(Oc1ccc(C2NC(=O)c3ccccc3N2)cc1)c1ccc([N+](=O)[O-])cc1. The van der Waals surface area contributed by atoms with Gasteiger partial charge < -0.3 is 15.4 Å². The van der Waals surface area contributed by atoms with E-state index in [4.69, 9.17) is 4.74 Å². The summed E-state index contributed by atoms with van der Waals surface area (Å²) in [6.07, 6.45) is -0.406. The molecule has 8 heteroatoms. The van der Waals surface area contributed by atoms with E-state index in [0.717, 1.165) is 11.3 Å². The van der Waals surface area contributed by atoms with Gasteiger partial charge in [0.15, 0.2) is 0 Å². The fourth-order valence-corrected chi connectivity index (χ4v) is 2.99. The number of fused-ring (bicyclic) bond motifs is 1. The van der Waals surface area contributed by atoms with E-state index >= 15 is 0 Å². The van der Waals surface area contributed by atoms with Gasteiger partial charge in [-0.1, -0.05) is 24.3 Å². The molecular weight excluding hydrogens is 374 g/mol. The number of para-hydroxylation sites is 1. The third kappa shape index (κ3) is 3.77. The Hall–Kier alpha value is -4.20. The Morgan fingerprint density at radius 1 is 0.931 bits per heavy atom. The molecule has 3 aromatic rings. The lowest BCUT2D eigenvalue weighted by atomic mass is 10.1. The van der Waals surface area contributed by atoms with Crippen molar-refractivity contribution >= 4 is 23.3 Å². The molecule has 144 valence electrons. The summed E-state index contributed by atoms with van der Waals surface area (Å²) < 4.78 is 5.30. The molecule has 29 heavy (non-hydrogen) atoms. The number of nitro groups is 1. The third-order valence-electron chi connectivity index (χ3n) is 4.48. The van der Waals surface area contributed by atoms with Gasteiger partial charge in [0.25, 0.3) is 11.6 Å². The van der Waals surface area contributed by atoms with Gasteiger partial charge in [-0.3, -0.25) is 14.9 Å². The average Bonchev–Trinajstić information content (AvgIpc) is 2.74. The Balaban J connectivity index is 1.45. The van der Waals surface area contributed by atoms with Crippen molar-refractivity contribution < 1.29 is 19.2 Å². The van der Waals surface area contributed by atoms with Crippen LogP contribution in [0.4, 0.5) is 11.4 Å². The quantitative estimate of drug-likeness (QED) is 0.305. The minimum absolute atomic E-state index is 0.102. The van der Waals surface area contributed by atoms with Gasteiger partial charge >= 0.3 is 5.97 Å². The van der Waals surface area contributed by atoms with Gasteiger partial charge in [-0.2, -0.15) is 0 Å². The Bertz CT molecular complexity index is 1090. The number of carbonyl (C=O) groups is 2. The number of hydrogen-bond donors (Lipinski definition) is 2. The van der Waals surface area contributed by atoms with Crippen LogP contribution >= 0.6 is 0 Å². The fraction of sp³-hybridized carbons (Fsp3) is 0.0476. The second-order valence-electron chi connectivity index (χ2n) is 6.36. The van der Waals surface area contributed by atoms with E-state index in [1.54, 1.807) is 36.4 Å². The van der Waals surface area contributed by atoms with Crippen LogP contribution in [0.1, 0.15) is 32.4 Å². The van der Waals surface area contributed by atoms with Crippen molar-refractivity contribution in [1.29, 1.82) is 0 Å². The number of carbonyl (C=O) groups excluding carboxylic acids is 2. The molecule has 1 heterocycles. The first-order chi connectivity index (χ1) is 14.0. The molecular formula is C21H15N3O5. The number of rotatable bonds is 4. The summed E-state index contributed by atoms with van der Waals surface area (Å²) in [6.45, 7) is 0. The molecule has 0 aliphatic carbocycles. The first-order valence-corrected chi connectivity index (χ1v) is 8.74. The third-order valence-corrected chi connectivity index (χ3v) is 4.48. The van der Waals surface area contributed by atoms with Gasteiger partial charge in [0.05, 0.1) is 16.1 Å². The minimum atomic E-state index is -0.620. The lowest BCUT2D eigenvalue weighted by molar-refractivity contribution is -0.384. The average molecular weight is 389 g/mol. The molecule has 0 saturated heterocycles. The molecule has 0 spiro atoms. The first-order valence-electron chi connectivity index (χ1n) is 8.74. The van der Waals surface area contributed by atoms with E-state index in [1.807, 2.05) is 12.1 Å². The molecule has 4 rings (SSSR count). The number of ether oxygens (including phenoxy) is 1. The zero-order valence-corrected chi connectivity index (χ0v) is 15.0. The Labute approximate surface area is 165 Å². The molecule has 2 N–H and O–H groups in total. The molecule has 1 aliphatic heterocycles. The molecule has 1 unspecified atom stereocenters. The Kier molecular flexibility index (Phi) is 4.66. The Morgan fingerprint density at radius 3 is 2.31 bits per heavy atom. The van der Waals surface area contributed by atoms with Gasteiger partial charge in [-0.25, -0.2) is 4.79 Å². The largest absolute Gasteiger partial charge is 0.423 e. The van der Waals surface area contributed by atoms with Crippen LogP contribution < -0.4 is 15.4 Å². The predicted octanol–water partition coefficient (Wildman–Crippen LogP) is 3.67. The van der Waals surface area contributed by atoms with Crippen molar-refractivity contribution in [3.8, 4) is 5.75 Å². The van der Waals surface area contributed by atoms with Crippen LogP contribution in [0.2, 0.25) is 0 Å². The summed E-state index contributed by atoms with van der Waals surface area (Å²) in [5.41, 5.74) is 2.22. The number of nitrogens with one attached hydrogen (secondary N) is 2. The van der Waals surface area contributed by atoms with Gasteiger partial charge in [0.2, 0.25) is 0 Å². The number of hydrogen-bond acceptors (Lipinski definition) is 6. The summed E-state index contributed by atoms with van der Waals surface area (Å²) in [5.74, 6) is -0.469. The van der Waals surface area contributed by atoms with E-state index in [1.165, 1.54) is 24.3 Å². The van der Waals surface area contributed by atoms with E-state index in [-0.39, 0.29) is 17.2 Å². The maximum Gasteiger partial charge on any atom is 0.343 e. The first kappa shape index (κ1) is 18.2. The highest BCUT2D eigenvalue weighted by molar-refractivity contribution is 6.01. The second kappa shape index (κ2) is 7.43. The maximum absolute atomic E-state index is 12.2. The van der Waals surface area contributed by atoms with Crippen molar-refractivity contribution in [1.82, 2.24) is 5.32 Å². The topological polar surface area (TPSA) is 111 Å². The van der Waals surface area contributed by atoms with Gasteiger partial charge in [-0.15, -0.1) is 0 Å². The molecule has 0 fully saturated rings. The summed E-state index contributed by atoms with van der Waals surface area (Å²) in [5, 5.41) is 16.8. The van der Waals surface area contributed by atoms with E-state index < -0.39 is 17.1 Å². The van der Waals surface area contributed by atoms with E-state index in [9.17, 15) is 19.7 Å². The highest BCUT2D eigenvalue weighted by Gasteiger charge is 2.24. The summed E-state index contributed by atoms with van der Waals surface area (Å²) in [7, 11) is 0. The van der Waals surface area contributed by atoms with Crippen LogP contribution in [-0.4, -0.2) is 16.8 Å². The number of anilines is 1. The number of non-ortho nitro benzene ring substituents is 1. The molecule has 3 aromatic carbocycles. The summed E-state index contributed by atoms with van der Waals surface area (Å²) >= 11 is 0. The number of esters is 1. The van der Waals surface area contributed by atoms with Crippen LogP contribution in [0.25, 0.3) is 0 Å². The van der Waals surface area contributed by atoms with Crippen LogP contribution in [0.15, 0.2) is 72.8 Å². The normalized spacial score (nSPS) is 14.9. The van der Waals surface area contributed by atoms with Gasteiger partial charge in [-0.05, 0) is 42.0 Å². The predicted molar refractivity (Wildman–Crippen MR) is 105 cm³/mol. The highest BCUT2D eigenvalue weighted by atomic mass is 16.6. The molecule has 8 nitrogen and oxygen atoms in total. The molecule has 0 saturated carbocycles. The number of nitro benzene ring substituents is 1. The van der Waals surface area contributed by atoms with Crippen molar-refractivity contribution in [2.45, 2.75) is 6.17 Å². The van der Waals surface area contributed by atoms with E-state index in [2.05, 4.69) is 10.6 Å². The van der Waals surface area contributed by atoms with Gasteiger partial charge in [0, 0.05) is 17.8 Å². The molecule has 0 bridgehead atoms. The van der Waals surface area contributed by atoms with Crippen molar-refractivity contribution in [3.63, 3.8) is 0 Å². The standard InChI is InChI=1S/C21H15N3O5/c25-20-17-3-1-2-4-18(17)22-19(23-20)13-7-11-16(12-8-13)29-21(26)14-5-9-15(10-6-14)24(27)28/h1-12,19,22H,(H,23,25). The number of benzene rings is 3.